The Morgan fingerprint density at radius 3 is 3.15 bits per heavy atom. The highest BCUT2D eigenvalue weighted by atomic mass is 16.5. The quantitative estimate of drug-likeness (QED) is 0.572. The lowest BCUT2D eigenvalue weighted by molar-refractivity contribution is -0.132. The second-order valence-electron chi connectivity index (χ2n) is 9.04. The molecular weight excluding hydrogens is 326 g/mol. The fraction of sp³-hybridized carbons (Fsp3) is 0.571. The molecule has 5 heterocycles. The molecule has 5 heteroatoms. The first-order chi connectivity index (χ1) is 12.7. The van der Waals surface area contributed by atoms with Gasteiger partial charge in [-0.15, -0.1) is 0 Å². The molecule has 0 aromatic heterocycles. The summed E-state index contributed by atoms with van der Waals surface area (Å²) in [5, 5.41) is 0. The summed E-state index contributed by atoms with van der Waals surface area (Å²) in [7, 11) is 0. The molecule has 2 unspecified atom stereocenters. The molecule has 7 rings (SSSR count). The lowest BCUT2D eigenvalue weighted by Gasteiger charge is -2.58. The Bertz CT molecular complexity index is 895. The molecule has 2 N–H and O–H groups in total. The third-order valence-electron chi connectivity index (χ3n) is 8.33. The first kappa shape index (κ1) is 14.2. The maximum absolute atomic E-state index is 13.2. The maximum atomic E-state index is 13.2. The number of hydrogen-bond acceptors (Lipinski definition) is 4. The summed E-state index contributed by atoms with van der Waals surface area (Å²) in [4.78, 5) is 18.1. The summed E-state index contributed by atoms with van der Waals surface area (Å²) < 4.78 is 6.25. The van der Waals surface area contributed by atoms with Crippen molar-refractivity contribution >= 4 is 17.3 Å². The van der Waals surface area contributed by atoms with E-state index in [2.05, 4.69) is 21.9 Å². The van der Waals surface area contributed by atoms with E-state index >= 15 is 0 Å². The molecule has 4 fully saturated rings. The van der Waals surface area contributed by atoms with Crippen LogP contribution in [0.15, 0.2) is 29.8 Å². The van der Waals surface area contributed by atoms with Gasteiger partial charge < -0.3 is 15.4 Å². The topological polar surface area (TPSA) is 58.8 Å². The Morgan fingerprint density at radius 1 is 1.31 bits per heavy atom. The number of benzene rings is 1. The number of carbonyl (C=O) groups is 1. The zero-order chi connectivity index (χ0) is 17.2. The Hall–Kier alpha value is -1.85. The minimum atomic E-state index is 0.0672. The molecule has 2 bridgehead atoms. The van der Waals surface area contributed by atoms with E-state index in [1.807, 2.05) is 12.1 Å². The molecule has 0 radical (unpaired) electrons. The number of nitrogen functional groups attached to an aromatic ring is 1. The average Bonchev–Trinajstić information content (AvgIpc) is 3.08. The van der Waals surface area contributed by atoms with Crippen LogP contribution >= 0.6 is 0 Å². The summed E-state index contributed by atoms with van der Waals surface area (Å²) >= 11 is 0. The maximum Gasteiger partial charge on any atom is 0.229 e. The molecule has 5 nitrogen and oxygen atoms in total. The molecule has 6 atom stereocenters. The lowest BCUT2D eigenvalue weighted by atomic mass is 9.53. The van der Waals surface area contributed by atoms with Gasteiger partial charge in [-0.25, -0.2) is 0 Å². The molecule has 1 spiro atoms. The van der Waals surface area contributed by atoms with Gasteiger partial charge in [0.25, 0.3) is 0 Å². The Labute approximate surface area is 152 Å². The summed E-state index contributed by atoms with van der Waals surface area (Å²) in [6.45, 7) is 2.89. The van der Waals surface area contributed by atoms with Crippen LogP contribution in [0.2, 0.25) is 0 Å². The van der Waals surface area contributed by atoms with Gasteiger partial charge >= 0.3 is 0 Å². The van der Waals surface area contributed by atoms with Gasteiger partial charge in [-0.05, 0) is 43.0 Å². The van der Waals surface area contributed by atoms with Crippen LogP contribution in [0.4, 0.5) is 11.4 Å². The van der Waals surface area contributed by atoms with E-state index in [9.17, 15) is 4.79 Å². The highest BCUT2D eigenvalue weighted by molar-refractivity contribution is 5.99. The largest absolute Gasteiger partial charge is 0.399 e. The van der Waals surface area contributed by atoms with Crippen molar-refractivity contribution in [3.05, 3.63) is 35.4 Å². The van der Waals surface area contributed by atoms with Gasteiger partial charge in [0.05, 0.1) is 25.2 Å². The van der Waals surface area contributed by atoms with Gasteiger partial charge in [0.1, 0.15) is 0 Å². The number of rotatable bonds is 0. The van der Waals surface area contributed by atoms with Crippen molar-refractivity contribution in [2.75, 3.05) is 30.3 Å². The van der Waals surface area contributed by atoms with E-state index in [1.54, 1.807) is 5.57 Å². The van der Waals surface area contributed by atoms with Crippen molar-refractivity contribution in [1.82, 2.24) is 4.90 Å². The monoisotopic (exact) mass is 349 g/mol. The Morgan fingerprint density at radius 2 is 2.23 bits per heavy atom. The normalized spacial score (nSPS) is 44.6. The van der Waals surface area contributed by atoms with Gasteiger partial charge in [0.15, 0.2) is 0 Å². The van der Waals surface area contributed by atoms with Gasteiger partial charge in [-0.3, -0.25) is 9.69 Å². The van der Waals surface area contributed by atoms with Gasteiger partial charge in [0, 0.05) is 35.3 Å². The third-order valence-corrected chi connectivity index (χ3v) is 8.33. The predicted octanol–water partition coefficient (Wildman–Crippen LogP) is 1.67. The zero-order valence-electron chi connectivity index (χ0n) is 14.7. The molecule has 3 saturated heterocycles. The minimum Gasteiger partial charge on any atom is -0.399 e. The van der Waals surface area contributed by atoms with Crippen LogP contribution in [0, 0.1) is 11.8 Å². The van der Waals surface area contributed by atoms with E-state index in [1.165, 1.54) is 12.0 Å². The molecule has 1 amide bonds. The Balaban J connectivity index is 1.55. The van der Waals surface area contributed by atoms with Crippen LogP contribution in [0.3, 0.4) is 0 Å². The summed E-state index contributed by atoms with van der Waals surface area (Å²) in [5.74, 6) is 1.22. The van der Waals surface area contributed by atoms with Crippen molar-refractivity contribution in [3.63, 3.8) is 0 Å². The Kier molecular flexibility index (Phi) is 2.38. The average molecular weight is 349 g/mol. The second-order valence-corrected chi connectivity index (χ2v) is 9.04. The fourth-order valence-electron chi connectivity index (χ4n) is 7.57. The van der Waals surface area contributed by atoms with Crippen molar-refractivity contribution in [1.29, 1.82) is 0 Å². The SMILES string of the molecule is Nc1ccc2c(c1)N1C(=O)C[C@@H]3OCC=C4CN5CCC26[C@@H]5C[C@@H]4C3[C@H]16. The number of fused-ring (bicyclic) bond motifs is 2. The van der Waals surface area contributed by atoms with Crippen LogP contribution in [0.25, 0.3) is 0 Å². The molecule has 134 valence electrons. The first-order valence-electron chi connectivity index (χ1n) is 9.95. The number of carbonyl (C=O) groups excluding carboxylic acids is 1. The summed E-state index contributed by atoms with van der Waals surface area (Å²) in [5.41, 5.74) is 11.0. The zero-order valence-corrected chi connectivity index (χ0v) is 14.7. The van der Waals surface area contributed by atoms with Gasteiger partial charge in [0.2, 0.25) is 5.91 Å². The van der Waals surface area contributed by atoms with Crippen molar-refractivity contribution in [2.45, 2.75) is 42.9 Å². The van der Waals surface area contributed by atoms with Crippen molar-refractivity contribution in [3.8, 4) is 0 Å². The van der Waals surface area contributed by atoms with E-state index in [4.69, 9.17) is 10.5 Å². The van der Waals surface area contributed by atoms with E-state index in [-0.39, 0.29) is 23.5 Å². The molecule has 1 aromatic rings. The number of hydrogen-bond donors (Lipinski definition) is 1. The molecule has 5 aliphatic heterocycles. The van der Waals surface area contributed by atoms with Crippen LogP contribution in [-0.4, -0.2) is 48.7 Å². The smallest absolute Gasteiger partial charge is 0.229 e. The predicted molar refractivity (Wildman–Crippen MR) is 97.8 cm³/mol. The van der Waals surface area contributed by atoms with Crippen molar-refractivity contribution < 1.29 is 9.53 Å². The first-order valence-corrected chi connectivity index (χ1v) is 9.95. The summed E-state index contributed by atoms with van der Waals surface area (Å²) in [6.07, 6.45) is 5.26. The molecule has 1 aromatic carbocycles. The van der Waals surface area contributed by atoms with Gasteiger partial charge in [-0.1, -0.05) is 17.7 Å². The second kappa shape index (κ2) is 4.34. The van der Waals surface area contributed by atoms with Crippen LogP contribution in [0.5, 0.6) is 0 Å². The lowest BCUT2D eigenvalue weighted by Crippen LogP contribution is -2.69. The number of nitrogens with two attached hydrogens (primary N) is 1. The highest BCUT2D eigenvalue weighted by Gasteiger charge is 2.70. The highest BCUT2D eigenvalue weighted by Crippen LogP contribution is 2.65. The summed E-state index contributed by atoms with van der Waals surface area (Å²) in [6, 6.07) is 7.07. The molecule has 6 aliphatic rings. The number of amides is 1. The molecule has 26 heavy (non-hydrogen) atoms. The number of anilines is 2. The van der Waals surface area contributed by atoms with Gasteiger partial charge in [-0.2, -0.15) is 0 Å². The van der Waals surface area contributed by atoms with Crippen LogP contribution < -0.4 is 10.6 Å². The minimum absolute atomic E-state index is 0.0672. The standard InChI is InChI=1S/C21H23N3O2/c22-12-1-2-14-15(7-12)24-18(25)9-16-19-13-8-17-21(14,20(19)24)4-5-23(17)10-11(13)3-6-26-16/h1-3,7,13,16-17,19-20H,4-6,8-10,22H2/t13-,16-,17-,19?,20-,21?/m0/s1. The van der Waals surface area contributed by atoms with E-state index in [0.717, 1.165) is 30.9 Å². The number of nitrogens with zero attached hydrogens (tertiary/aromatic N) is 2. The van der Waals surface area contributed by atoms with Crippen LogP contribution in [0.1, 0.15) is 24.8 Å². The van der Waals surface area contributed by atoms with Crippen molar-refractivity contribution in [2.24, 2.45) is 11.8 Å². The molecule has 1 aliphatic carbocycles. The van der Waals surface area contributed by atoms with E-state index in [0.29, 0.717) is 30.9 Å². The van der Waals surface area contributed by atoms with Crippen LogP contribution in [-0.2, 0) is 14.9 Å². The number of piperidine rings is 2. The molecular formula is C21H23N3O2. The molecule has 1 saturated carbocycles. The number of ether oxygens (including phenoxy) is 1. The third kappa shape index (κ3) is 1.37. The fourth-order valence-corrected chi connectivity index (χ4v) is 7.57. The van der Waals surface area contributed by atoms with E-state index < -0.39 is 0 Å².